The molecule has 2 aromatic carbocycles. The number of benzene rings is 2. The first-order valence-corrected chi connectivity index (χ1v) is 6.93. The summed E-state index contributed by atoms with van der Waals surface area (Å²) < 4.78 is 0.811. The van der Waals surface area contributed by atoms with Crippen LogP contribution in [-0.4, -0.2) is 5.91 Å². The van der Waals surface area contributed by atoms with Crippen molar-refractivity contribution in [1.29, 1.82) is 5.26 Å². The van der Waals surface area contributed by atoms with Crippen molar-refractivity contribution in [1.82, 2.24) is 0 Å². The van der Waals surface area contributed by atoms with E-state index in [0.717, 1.165) is 15.6 Å². The van der Waals surface area contributed by atoms with E-state index in [0.29, 0.717) is 17.7 Å². The van der Waals surface area contributed by atoms with Gasteiger partial charge in [-0.15, -0.1) is 0 Å². The quantitative estimate of drug-likeness (QED) is 0.931. The maximum absolute atomic E-state index is 12.1. The van der Waals surface area contributed by atoms with Crippen LogP contribution in [0.3, 0.4) is 0 Å². The molecule has 0 fully saturated rings. The van der Waals surface area contributed by atoms with Gasteiger partial charge >= 0.3 is 0 Å². The Morgan fingerprint density at radius 2 is 2.05 bits per heavy atom. The second-order valence-electron chi connectivity index (χ2n) is 4.45. The minimum absolute atomic E-state index is 0.127. The number of nitrogens with one attached hydrogen (secondary N) is 1. The van der Waals surface area contributed by atoms with Crippen LogP contribution in [0.5, 0.6) is 0 Å². The van der Waals surface area contributed by atoms with Gasteiger partial charge < -0.3 is 5.32 Å². The molecule has 0 aliphatic heterocycles. The number of carbonyl (C=O) groups is 1. The van der Waals surface area contributed by atoms with Crippen molar-refractivity contribution < 1.29 is 4.79 Å². The van der Waals surface area contributed by atoms with Crippen LogP contribution in [0.4, 0.5) is 5.69 Å². The highest BCUT2D eigenvalue weighted by molar-refractivity contribution is 9.10. The van der Waals surface area contributed by atoms with Crippen LogP contribution < -0.4 is 5.32 Å². The first-order chi connectivity index (χ1) is 9.60. The average Bonchev–Trinajstić information content (AvgIpc) is 2.43. The van der Waals surface area contributed by atoms with Crippen molar-refractivity contribution in [2.75, 3.05) is 5.32 Å². The lowest BCUT2D eigenvalue weighted by atomic mass is 10.1. The number of nitriles is 1. The Morgan fingerprint density at radius 3 is 2.75 bits per heavy atom. The zero-order chi connectivity index (χ0) is 14.5. The van der Waals surface area contributed by atoms with Gasteiger partial charge in [-0.2, -0.15) is 5.26 Å². The predicted octanol–water partition coefficient (Wildman–Crippen LogP) is 3.81. The van der Waals surface area contributed by atoms with Crippen LogP contribution in [0.2, 0.25) is 0 Å². The SMILES string of the molecule is Cc1ccccc1CC(=O)Nc1ccc(Br)cc1C#N. The third-order valence-corrected chi connectivity index (χ3v) is 3.48. The lowest BCUT2D eigenvalue weighted by Gasteiger charge is -2.09. The number of halogens is 1. The summed E-state index contributed by atoms with van der Waals surface area (Å²) in [5, 5.41) is 11.8. The third-order valence-electron chi connectivity index (χ3n) is 2.99. The van der Waals surface area contributed by atoms with Gasteiger partial charge in [-0.05, 0) is 36.2 Å². The Bertz CT molecular complexity index is 689. The van der Waals surface area contributed by atoms with Crippen molar-refractivity contribution in [2.45, 2.75) is 13.3 Å². The van der Waals surface area contributed by atoms with E-state index in [1.54, 1.807) is 18.2 Å². The van der Waals surface area contributed by atoms with Crippen LogP contribution in [0.15, 0.2) is 46.9 Å². The summed E-state index contributed by atoms with van der Waals surface area (Å²) in [5.41, 5.74) is 3.05. The molecule has 0 heterocycles. The molecule has 0 radical (unpaired) electrons. The summed E-state index contributed by atoms with van der Waals surface area (Å²) in [6.45, 7) is 1.98. The third kappa shape index (κ3) is 3.46. The highest BCUT2D eigenvalue weighted by Crippen LogP contribution is 2.20. The van der Waals surface area contributed by atoms with Crippen molar-refractivity contribution in [3.8, 4) is 6.07 Å². The molecule has 2 rings (SSSR count). The summed E-state index contributed by atoms with van der Waals surface area (Å²) in [7, 11) is 0. The van der Waals surface area contributed by atoms with E-state index in [2.05, 4.69) is 27.3 Å². The largest absolute Gasteiger partial charge is 0.325 e. The maximum atomic E-state index is 12.1. The molecule has 0 aromatic heterocycles. The normalized spacial score (nSPS) is 9.85. The molecule has 100 valence electrons. The Labute approximate surface area is 126 Å². The molecule has 0 saturated heterocycles. The average molecular weight is 329 g/mol. The standard InChI is InChI=1S/C16H13BrN2O/c1-11-4-2-3-5-12(11)9-16(20)19-15-7-6-14(17)8-13(15)10-18/h2-8H,9H2,1H3,(H,19,20). The second-order valence-corrected chi connectivity index (χ2v) is 5.37. The zero-order valence-electron chi connectivity index (χ0n) is 11.0. The number of carbonyl (C=O) groups excluding carboxylic acids is 1. The minimum Gasteiger partial charge on any atom is -0.325 e. The number of amides is 1. The second kappa shape index (κ2) is 6.36. The molecule has 0 unspecified atom stereocenters. The minimum atomic E-state index is -0.127. The molecule has 0 spiro atoms. The van der Waals surface area contributed by atoms with Crippen molar-refractivity contribution in [2.24, 2.45) is 0 Å². The van der Waals surface area contributed by atoms with Crippen LogP contribution >= 0.6 is 15.9 Å². The topological polar surface area (TPSA) is 52.9 Å². The highest BCUT2D eigenvalue weighted by atomic mass is 79.9. The number of nitrogens with zero attached hydrogens (tertiary/aromatic N) is 1. The predicted molar refractivity (Wildman–Crippen MR) is 82.4 cm³/mol. The van der Waals surface area contributed by atoms with Gasteiger partial charge in [0.05, 0.1) is 17.7 Å². The van der Waals surface area contributed by atoms with E-state index in [1.165, 1.54) is 0 Å². The van der Waals surface area contributed by atoms with Crippen LogP contribution in [-0.2, 0) is 11.2 Å². The Kier molecular flexibility index (Phi) is 4.54. The number of hydrogen-bond acceptors (Lipinski definition) is 2. The number of anilines is 1. The first-order valence-electron chi connectivity index (χ1n) is 6.14. The van der Waals surface area contributed by atoms with Gasteiger partial charge in [0.2, 0.25) is 5.91 Å². The van der Waals surface area contributed by atoms with E-state index >= 15 is 0 Å². The van der Waals surface area contributed by atoms with Crippen LogP contribution in [0.1, 0.15) is 16.7 Å². The number of aryl methyl sites for hydroxylation is 1. The van der Waals surface area contributed by atoms with Crippen LogP contribution in [0, 0.1) is 18.3 Å². The van der Waals surface area contributed by atoms with Gasteiger partial charge in [0.15, 0.2) is 0 Å². The van der Waals surface area contributed by atoms with Gasteiger partial charge in [0.1, 0.15) is 6.07 Å². The molecule has 1 N–H and O–H groups in total. The Morgan fingerprint density at radius 1 is 1.30 bits per heavy atom. The van der Waals surface area contributed by atoms with Crippen molar-refractivity contribution in [3.63, 3.8) is 0 Å². The fourth-order valence-electron chi connectivity index (χ4n) is 1.89. The Hall–Kier alpha value is -2.12. The molecule has 1 amide bonds. The maximum Gasteiger partial charge on any atom is 0.228 e. The van der Waals surface area contributed by atoms with Gasteiger partial charge in [0.25, 0.3) is 0 Å². The summed E-state index contributed by atoms with van der Waals surface area (Å²) in [6.07, 6.45) is 0.299. The van der Waals surface area contributed by atoms with E-state index in [1.807, 2.05) is 31.2 Å². The highest BCUT2D eigenvalue weighted by Gasteiger charge is 2.09. The van der Waals surface area contributed by atoms with E-state index < -0.39 is 0 Å². The fourth-order valence-corrected chi connectivity index (χ4v) is 2.25. The van der Waals surface area contributed by atoms with Crippen LogP contribution in [0.25, 0.3) is 0 Å². The molecule has 0 aliphatic rings. The molecule has 0 atom stereocenters. The van der Waals surface area contributed by atoms with Crippen molar-refractivity contribution >= 4 is 27.5 Å². The first kappa shape index (κ1) is 14.3. The summed E-state index contributed by atoms with van der Waals surface area (Å²) in [4.78, 5) is 12.1. The molecule has 0 bridgehead atoms. The molecule has 3 nitrogen and oxygen atoms in total. The molecule has 0 aliphatic carbocycles. The zero-order valence-corrected chi connectivity index (χ0v) is 12.6. The summed E-state index contributed by atoms with van der Waals surface area (Å²) in [6, 6.07) is 15.0. The van der Waals surface area contributed by atoms with Gasteiger partial charge in [-0.1, -0.05) is 40.2 Å². The number of hydrogen-bond donors (Lipinski definition) is 1. The monoisotopic (exact) mass is 328 g/mol. The molecule has 2 aromatic rings. The molecule has 4 heteroatoms. The van der Waals surface area contributed by atoms with Gasteiger partial charge in [-0.25, -0.2) is 0 Å². The summed E-state index contributed by atoms with van der Waals surface area (Å²) >= 11 is 3.30. The summed E-state index contributed by atoms with van der Waals surface area (Å²) in [5.74, 6) is -0.127. The van der Waals surface area contributed by atoms with E-state index in [9.17, 15) is 4.79 Å². The molecule has 0 saturated carbocycles. The Balaban J connectivity index is 2.13. The fraction of sp³-hybridized carbons (Fsp3) is 0.125. The van der Waals surface area contributed by atoms with E-state index in [-0.39, 0.29) is 5.91 Å². The molecular formula is C16H13BrN2O. The molecular weight excluding hydrogens is 316 g/mol. The smallest absolute Gasteiger partial charge is 0.228 e. The van der Waals surface area contributed by atoms with Crippen molar-refractivity contribution in [3.05, 3.63) is 63.6 Å². The lowest BCUT2D eigenvalue weighted by Crippen LogP contribution is -2.15. The lowest BCUT2D eigenvalue weighted by molar-refractivity contribution is -0.115. The number of rotatable bonds is 3. The van der Waals surface area contributed by atoms with Gasteiger partial charge in [0, 0.05) is 4.47 Å². The van der Waals surface area contributed by atoms with E-state index in [4.69, 9.17) is 5.26 Å². The molecule has 20 heavy (non-hydrogen) atoms. The van der Waals surface area contributed by atoms with Gasteiger partial charge in [-0.3, -0.25) is 4.79 Å².